The van der Waals surface area contributed by atoms with Crippen molar-refractivity contribution in [3.8, 4) is 16.8 Å². The van der Waals surface area contributed by atoms with Gasteiger partial charge in [-0.15, -0.1) is 23.1 Å². The van der Waals surface area contributed by atoms with Crippen LogP contribution in [0.15, 0.2) is 132 Å². The Labute approximate surface area is 234 Å². The quantitative estimate of drug-likeness (QED) is 0.214. The summed E-state index contributed by atoms with van der Waals surface area (Å²) in [6.07, 6.45) is 9.08. The van der Waals surface area contributed by atoms with E-state index in [1.165, 1.54) is 69.3 Å². The highest BCUT2D eigenvalue weighted by molar-refractivity contribution is 8.00. The lowest BCUT2D eigenvalue weighted by Gasteiger charge is -2.15. The molecule has 2 aliphatic rings. The number of hydrogen-bond acceptors (Lipinski definition) is 2. The lowest BCUT2D eigenvalue weighted by Crippen LogP contribution is -2.06. The predicted molar refractivity (Wildman–Crippen MR) is 170 cm³/mol. The summed E-state index contributed by atoms with van der Waals surface area (Å²) in [5.41, 5.74) is 7.74. The molecule has 7 aromatic rings. The molecule has 0 amide bonds. The second kappa shape index (κ2) is 8.22. The van der Waals surface area contributed by atoms with Crippen LogP contribution < -0.4 is 0 Å². The molecule has 2 atom stereocenters. The Morgan fingerprint density at radius 3 is 2.31 bits per heavy atom. The molecule has 3 heterocycles. The lowest BCUT2D eigenvalue weighted by atomic mass is 9.90. The Hall–Kier alpha value is -4.05. The topological polar surface area (TPSA) is 4.93 Å². The summed E-state index contributed by atoms with van der Waals surface area (Å²) in [5.74, 6) is 0.476. The number of hydrogen-bond donors (Lipinski definition) is 0. The third-order valence-corrected chi connectivity index (χ3v) is 10.8. The number of rotatable bonds is 2. The van der Waals surface area contributed by atoms with E-state index in [9.17, 15) is 0 Å². The van der Waals surface area contributed by atoms with Gasteiger partial charge in [0.2, 0.25) is 0 Å². The standard InChI is InChI=1S/C36H23NS2/c1-4-10-31-25(7-1)29-19-22(23-14-18-35-30(20-23)27-9-3-6-12-34(27)38-35)13-17-32(29)37(31)24-15-16-28-26-8-2-5-11-33(26)39-36(28)21-24/h1-21,27,34H. The van der Waals surface area contributed by atoms with Crippen LogP contribution in [0.3, 0.4) is 0 Å². The fourth-order valence-corrected chi connectivity index (χ4v) is 8.97. The molecular formula is C36H23NS2. The van der Waals surface area contributed by atoms with Gasteiger partial charge >= 0.3 is 0 Å². The predicted octanol–water partition coefficient (Wildman–Crippen LogP) is 10.5. The molecule has 1 aliphatic heterocycles. The number of thiophene rings is 1. The maximum absolute atomic E-state index is 2.43. The van der Waals surface area contributed by atoms with E-state index in [1.807, 2.05) is 23.1 Å². The average Bonchev–Trinajstić information content (AvgIpc) is 3.65. The van der Waals surface area contributed by atoms with E-state index in [-0.39, 0.29) is 0 Å². The monoisotopic (exact) mass is 533 g/mol. The van der Waals surface area contributed by atoms with Gasteiger partial charge in [0.15, 0.2) is 0 Å². The third-order valence-electron chi connectivity index (χ3n) is 8.34. The molecule has 0 saturated heterocycles. The Bertz CT molecular complexity index is 2170. The number of thioether (sulfide) groups is 1. The molecule has 9 rings (SSSR count). The Morgan fingerprint density at radius 1 is 0.564 bits per heavy atom. The molecule has 1 aliphatic carbocycles. The Morgan fingerprint density at radius 2 is 1.33 bits per heavy atom. The fraction of sp³-hybridized carbons (Fsp3) is 0.0556. The van der Waals surface area contributed by atoms with Crippen molar-refractivity contribution in [3.63, 3.8) is 0 Å². The minimum Gasteiger partial charge on any atom is -0.309 e. The summed E-state index contributed by atoms with van der Waals surface area (Å²) in [4.78, 5) is 1.42. The molecule has 0 fully saturated rings. The molecule has 3 heteroatoms. The van der Waals surface area contributed by atoms with E-state index < -0.39 is 0 Å². The van der Waals surface area contributed by atoms with Gasteiger partial charge in [0.25, 0.3) is 0 Å². The SMILES string of the molecule is C1=CC2Sc3ccc(-c4ccc5c(c4)c4ccccc4n5-c4ccc5c(c4)sc4ccccc45)cc3C2C=C1. The number of benzene rings is 5. The highest BCUT2D eigenvalue weighted by Gasteiger charge is 2.31. The van der Waals surface area contributed by atoms with Crippen LogP contribution in [0.1, 0.15) is 11.5 Å². The summed E-state index contributed by atoms with van der Waals surface area (Å²) in [6, 6.07) is 38.5. The summed E-state index contributed by atoms with van der Waals surface area (Å²) < 4.78 is 5.11. The van der Waals surface area contributed by atoms with Gasteiger partial charge < -0.3 is 4.57 Å². The van der Waals surface area contributed by atoms with Crippen LogP contribution in [0.25, 0.3) is 58.8 Å². The first-order valence-electron chi connectivity index (χ1n) is 13.4. The molecule has 2 unspecified atom stereocenters. The molecule has 2 aromatic heterocycles. The maximum atomic E-state index is 2.43. The van der Waals surface area contributed by atoms with Gasteiger partial charge in [-0.25, -0.2) is 0 Å². The average molecular weight is 534 g/mol. The van der Waals surface area contributed by atoms with Crippen molar-refractivity contribution in [3.05, 3.63) is 133 Å². The van der Waals surface area contributed by atoms with Crippen molar-refractivity contribution in [2.24, 2.45) is 0 Å². The summed E-state index contributed by atoms with van der Waals surface area (Å²) in [6.45, 7) is 0. The first-order valence-corrected chi connectivity index (χ1v) is 15.1. The second-order valence-corrected chi connectivity index (χ2v) is 12.8. The van der Waals surface area contributed by atoms with Crippen LogP contribution in [0.5, 0.6) is 0 Å². The number of allylic oxidation sites excluding steroid dienone is 3. The smallest absolute Gasteiger partial charge is 0.0541 e. The lowest BCUT2D eigenvalue weighted by molar-refractivity contribution is 0.881. The Kier molecular flexibility index (Phi) is 4.60. The van der Waals surface area contributed by atoms with Crippen LogP contribution in [0.2, 0.25) is 0 Å². The zero-order valence-corrected chi connectivity index (χ0v) is 22.7. The van der Waals surface area contributed by atoms with E-state index in [0.717, 1.165) is 0 Å². The van der Waals surface area contributed by atoms with Gasteiger partial charge in [-0.2, -0.15) is 0 Å². The molecular weight excluding hydrogens is 511 g/mol. The summed E-state index contributed by atoms with van der Waals surface area (Å²) in [5, 5.41) is 5.80. The highest BCUT2D eigenvalue weighted by Crippen LogP contribution is 2.49. The van der Waals surface area contributed by atoms with Crippen LogP contribution >= 0.6 is 23.1 Å². The summed E-state index contributed by atoms with van der Waals surface area (Å²) >= 11 is 3.87. The van der Waals surface area contributed by atoms with Crippen molar-refractivity contribution in [2.75, 3.05) is 0 Å². The van der Waals surface area contributed by atoms with Crippen molar-refractivity contribution >= 4 is 65.1 Å². The van der Waals surface area contributed by atoms with Gasteiger partial charge in [-0.05, 0) is 65.2 Å². The molecule has 0 saturated carbocycles. The molecule has 0 radical (unpaired) electrons. The fourth-order valence-electron chi connectivity index (χ4n) is 6.51. The van der Waals surface area contributed by atoms with Crippen molar-refractivity contribution < 1.29 is 0 Å². The normalized spacial score (nSPS) is 17.9. The number of aromatic nitrogens is 1. The van der Waals surface area contributed by atoms with E-state index in [1.54, 1.807) is 0 Å². The summed E-state index contributed by atoms with van der Waals surface area (Å²) in [7, 11) is 0. The van der Waals surface area contributed by atoms with Gasteiger partial charge in [-0.1, -0.05) is 78.9 Å². The zero-order chi connectivity index (χ0) is 25.5. The van der Waals surface area contributed by atoms with Crippen LogP contribution in [0, 0.1) is 0 Å². The molecule has 1 nitrogen and oxygen atoms in total. The van der Waals surface area contributed by atoms with E-state index in [4.69, 9.17) is 0 Å². The van der Waals surface area contributed by atoms with Crippen LogP contribution in [-0.4, -0.2) is 9.82 Å². The number of nitrogens with zero attached hydrogens (tertiary/aromatic N) is 1. The van der Waals surface area contributed by atoms with Crippen molar-refractivity contribution in [1.29, 1.82) is 0 Å². The van der Waals surface area contributed by atoms with Gasteiger partial charge in [-0.3, -0.25) is 0 Å². The first kappa shape index (κ1) is 21.8. The molecule has 0 N–H and O–H groups in total. The minimum absolute atomic E-state index is 0.476. The van der Waals surface area contributed by atoms with Crippen molar-refractivity contribution in [2.45, 2.75) is 16.1 Å². The van der Waals surface area contributed by atoms with Crippen LogP contribution in [0.4, 0.5) is 0 Å². The highest BCUT2D eigenvalue weighted by atomic mass is 32.2. The van der Waals surface area contributed by atoms with E-state index in [0.29, 0.717) is 11.2 Å². The number of para-hydroxylation sites is 1. The Balaban J connectivity index is 1.22. The molecule has 5 aromatic carbocycles. The minimum atomic E-state index is 0.476. The molecule has 0 bridgehead atoms. The van der Waals surface area contributed by atoms with E-state index >= 15 is 0 Å². The van der Waals surface area contributed by atoms with E-state index in [2.05, 4.69) is 132 Å². The van der Waals surface area contributed by atoms with Gasteiger partial charge in [0.05, 0.1) is 11.0 Å². The first-order chi connectivity index (χ1) is 19.3. The molecule has 184 valence electrons. The maximum Gasteiger partial charge on any atom is 0.0541 e. The van der Waals surface area contributed by atoms with Crippen LogP contribution in [-0.2, 0) is 0 Å². The van der Waals surface area contributed by atoms with Gasteiger partial charge in [0.1, 0.15) is 0 Å². The zero-order valence-electron chi connectivity index (χ0n) is 21.0. The van der Waals surface area contributed by atoms with Crippen molar-refractivity contribution in [1.82, 2.24) is 4.57 Å². The largest absolute Gasteiger partial charge is 0.309 e. The third kappa shape index (κ3) is 3.21. The molecule has 0 spiro atoms. The van der Waals surface area contributed by atoms with Gasteiger partial charge in [0, 0.05) is 52.7 Å². The second-order valence-electron chi connectivity index (χ2n) is 10.5. The number of fused-ring (bicyclic) bond motifs is 9. The molecule has 39 heavy (non-hydrogen) atoms.